The third kappa shape index (κ3) is 5.25. The van der Waals surface area contributed by atoms with Gasteiger partial charge in [-0.15, -0.1) is 0 Å². The first-order valence-electron chi connectivity index (χ1n) is 12.2. The summed E-state index contributed by atoms with van der Waals surface area (Å²) < 4.78 is 11.4. The summed E-state index contributed by atoms with van der Waals surface area (Å²) in [5, 5.41) is 13.4. The van der Waals surface area contributed by atoms with Crippen LogP contribution in [0.4, 0.5) is 11.5 Å². The van der Waals surface area contributed by atoms with E-state index in [-0.39, 0.29) is 11.3 Å². The Morgan fingerprint density at radius 1 is 1.22 bits per heavy atom. The van der Waals surface area contributed by atoms with Crippen LogP contribution in [0.5, 0.6) is 5.75 Å². The normalized spacial score (nSPS) is 17.6. The standard InChI is InChI=1S/C27H30Cl2N6O2/c1-15-25(29)24(21(28)10-32-15)16(2)37-19-5-6-22(30)20(8-19)26(31)17-4-7-23(33-9-17)35-13-27(3,14-35)34-18-11-36-12-18/h4-10,16,18,31,34H,11-14,30H2,1-3H3/t16-/m1/s1. The van der Waals surface area contributed by atoms with Crippen LogP contribution in [-0.4, -0.2) is 53.6 Å². The van der Waals surface area contributed by atoms with Crippen molar-refractivity contribution in [2.24, 2.45) is 0 Å². The van der Waals surface area contributed by atoms with Gasteiger partial charge in [0.1, 0.15) is 17.7 Å². The number of ether oxygens (including phenoxy) is 2. The fraction of sp³-hybridized carbons (Fsp3) is 0.370. The van der Waals surface area contributed by atoms with Crippen molar-refractivity contribution in [3.8, 4) is 5.75 Å². The molecule has 0 amide bonds. The molecule has 0 unspecified atom stereocenters. The van der Waals surface area contributed by atoms with Crippen LogP contribution in [0.3, 0.4) is 0 Å². The molecule has 3 aromatic rings. The van der Waals surface area contributed by atoms with Crippen molar-refractivity contribution in [1.82, 2.24) is 15.3 Å². The van der Waals surface area contributed by atoms with Crippen LogP contribution in [0.2, 0.25) is 10.0 Å². The van der Waals surface area contributed by atoms with E-state index in [1.165, 1.54) is 0 Å². The number of hydrogen-bond donors (Lipinski definition) is 3. The van der Waals surface area contributed by atoms with Gasteiger partial charge in [0.25, 0.3) is 0 Å². The maximum Gasteiger partial charge on any atom is 0.128 e. The number of hydrogen-bond acceptors (Lipinski definition) is 8. The van der Waals surface area contributed by atoms with Crippen LogP contribution >= 0.6 is 23.2 Å². The highest BCUT2D eigenvalue weighted by Crippen LogP contribution is 2.35. The van der Waals surface area contributed by atoms with E-state index in [4.69, 9.17) is 43.8 Å². The number of benzene rings is 1. The first-order chi connectivity index (χ1) is 17.6. The molecule has 2 aliphatic heterocycles. The first-order valence-corrected chi connectivity index (χ1v) is 12.9. The number of nitrogens with one attached hydrogen (secondary N) is 2. The molecule has 0 saturated carbocycles. The van der Waals surface area contributed by atoms with Gasteiger partial charge in [-0.2, -0.15) is 0 Å². The summed E-state index contributed by atoms with van der Waals surface area (Å²) in [5.41, 5.74) is 9.64. The number of aromatic nitrogens is 2. The Bertz CT molecular complexity index is 1320. The quantitative estimate of drug-likeness (QED) is 0.278. The Kier molecular flexibility index (Phi) is 7.02. The maximum atomic E-state index is 8.79. The Balaban J connectivity index is 1.27. The molecule has 0 radical (unpaired) electrons. The summed E-state index contributed by atoms with van der Waals surface area (Å²) in [4.78, 5) is 11.0. The van der Waals surface area contributed by atoms with Gasteiger partial charge in [0, 0.05) is 47.9 Å². The molecular weight excluding hydrogens is 511 g/mol. The van der Waals surface area contributed by atoms with Crippen molar-refractivity contribution in [1.29, 1.82) is 5.41 Å². The lowest BCUT2D eigenvalue weighted by molar-refractivity contribution is -0.0209. The molecule has 37 heavy (non-hydrogen) atoms. The second-order valence-electron chi connectivity index (χ2n) is 10.0. The van der Waals surface area contributed by atoms with E-state index in [1.807, 2.05) is 26.0 Å². The average molecular weight is 541 g/mol. The minimum Gasteiger partial charge on any atom is -0.486 e. The molecule has 2 aliphatic rings. The zero-order chi connectivity index (χ0) is 26.3. The van der Waals surface area contributed by atoms with Crippen LogP contribution in [0.15, 0.2) is 42.7 Å². The van der Waals surface area contributed by atoms with E-state index < -0.39 is 6.10 Å². The molecule has 194 valence electrons. The van der Waals surface area contributed by atoms with Crippen LogP contribution in [0.25, 0.3) is 0 Å². The summed E-state index contributed by atoms with van der Waals surface area (Å²) >= 11 is 12.8. The van der Waals surface area contributed by atoms with Crippen LogP contribution in [0, 0.1) is 12.3 Å². The largest absolute Gasteiger partial charge is 0.486 e. The van der Waals surface area contributed by atoms with Crippen LogP contribution < -0.4 is 20.7 Å². The number of nitrogens with two attached hydrogens (primary N) is 1. The van der Waals surface area contributed by atoms with Gasteiger partial charge in [-0.3, -0.25) is 10.4 Å². The predicted molar refractivity (Wildman–Crippen MR) is 147 cm³/mol. The fourth-order valence-corrected chi connectivity index (χ4v) is 5.43. The minimum absolute atomic E-state index is 0.0664. The molecule has 2 fully saturated rings. The molecule has 5 rings (SSSR count). The molecule has 10 heteroatoms. The van der Waals surface area contributed by atoms with Gasteiger partial charge < -0.3 is 25.4 Å². The van der Waals surface area contributed by atoms with Gasteiger partial charge in [0.15, 0.2) is 0 Å². The number of aryl methyl sites for hydroxylation is 1. The van der Waals surface area contributed by atoms with Crippen molar-refractivity contribution < 1.29 is 9.47 Å². The SMILES string of the molecule is Cc1ncc(Cl)c([C@@H](C)Oc2ccc(N)c(C(=N)c3ccc(N4CC(C)(NC5COC5)C4)nc3)c2)c1Cl. The molecule has 0 spiro atoms. The van der Waals surface area contributed by atoms with Gasteiger partial charge in [-0.05, 0) is 51.1 Å². The minimum atomic E-state index is -0.429. The summed E-state index contributed by atoms with van der Waals surface area (Å²) in [5.74, 6) is 1.44. The van der Waals surface area contributed by atoms with Gasteiger partial charge in [-0.25, -0.2) is 4.98 Å². The van der Waals surface area contributed by atoms with Crippen molar-refractivity contribution in [2.45, 2.75) is 38.5 Å². The summed E-state index contributed by atoms with van der Waals surface area (Å²) in [7, 11) is 0. The van der Waals surface area contributed by atoms with Gasteiger partial charge >= 0.3 is 0 Å². The molecule has 4 heterocycles. The number of rotatable bonds is 8. The average Bonchev–Trinajstić information content (AvgIpc) is 2.83. The zero-order valence-electron chi connectivity index (χ0n) is 21.0. The third-order valence-electron chi connectivity index (χ3n) is 6.83. The molecule has 8 nitrogen and oxygen atoms in total. The lowest BCUT2D eigenvalue weighted by Crippen LogP contribution is -2.71. The van der Waals surface area contributed by atoms with E-state index in [9.17, 15) is 0 Å². The van der Waals surface area contributed by atoms with Crippen LogP contribution in [-0.2, 0) is 4.74 Å². The monoisotopic (exact) mass is 540 g/mol. The zero-order valence-corrected chi connectivity index (χ0v) is 22.5. The highest BCUT2D eigenvalue weighted by molar-refractivity contribution is 6.36. The van der Waals surface area contributed by atoms with Crippen molar-refractivity contribution >= 4 is 40.4 Å². The van der Waals surface area contributed by atoms with E-state index in [0.29, 0.717) is 49.9 Å². The molecular formula is C27H30Cl2N6O2. The molecule has 2 saturated heterocycles. The van der Waals surface area contributed by atoms with Crippen LogP contribution in [0.1, 0.15) is 42.3 Å². The summed E-state index contributed by atoms with van der Waals surface area (Å²) in [6, 6.07) is 9.56. The summed E-state index contributed by atoms with van der Waals surface area (Å²) in [6.45, 7) is 9.23. The number of anilines is 2. The van der Waals surface area contributed by atoms with Crippen molar-refractivity contribution in [3.63, 3.8) is 0 Å². The fourth-order valence-electron chi connectivity index (χ4n) is 4.78. The predicted octanol–water partition coefficient (Wildman–Crippen LogP) is 4.80. The van der Waals surface area contributed by atoms with E-state index in [1.54, 1.807) is 30.6 Å². The van der Waals surface area contributed by atoms with Crippen molar-refractivity contribution in [2.75, 3.05) is 36.9 Å². The number of pyridine rings is 2. The molecule has 1 atom stereocenters. The van der Waals surface area contributed by atoms with E-state index >= 15 is 0 Å². The lowest BCUT2D eigenvalue weighted by atomic mass is 9.90. The maximum absolute atomic E-state index is 8.79. The third-order valence-corrected chi connectivity index (χ3v) is 7.61. The van der Waals surface area contributed by atoms with Gasteiger partial charge in [0.05, 0.1) is 46.2 Å². The van der Waals surface area contributed by atoms with E-state index in [2.05, 4.69) is 27.1 Å². The molecule has 4 N–H and O–H groups in total. The molecule has 2 aromatic heterocycles. The topological polar surface area (TPSA) is 109 Å². The smallest absolute Gasteiger partial charge is 0.128 e. The first kappa shape index (κ1) is 25.7. The Morgan fingerprint density at radius 3 is 2.62 bits per heavy atom. The van der Waals surface area contributed by atoms with E-state index in [0.717, 1.165) is 32.1 Å². The lowest BCUT2D eigenvalue weighted by Gasteiger charge is -2.51. The number of halogens is 2. The summed E-state index contributed by atoms with van der Waals surface area (Å²) in [6.07, 6.45) is 2.86. The molecule has 0 bridgehead atoms. The molecule has 0 aliphatic carbocycles. The Morgan fingerprint density at radius 2 is 1.97 bits per heavy atom. The Hall–Kier alpha value is -2.91. The molecule has 1 aromatic carbocycles. The van der Waals surface area contributed by atoms with Crippen molar-refractivity contribution in [3.05, 3.63) is 75.2 Å². The highest BCUT2D eigenvalue weighted by Gasteiger charge is 2.41. The second kappa shape index (κ2) is 10.1. The number of nitrogens with zero attached hydrogens (tertiary/aromatic N) is 3. The van der Waals surface area contributed by atoms with Gasteiger partial charge in [-0.1, -0.05) is 23.2 Å². The highest BCUT2D eigenvalue weighted by atomic mass is 35.5. The second-order valence-corrected chi connectivity index (χ2v) is 10.8. The number of nitrogen functional groups attached to an aromatic ring is 1. The Labute approximate surface area is 226 Å². The van der Waals surface area contributed by atoms with Gasteiger partial charge in [0.2, 0.25) is 0 Å².